The third-order valence-corrected chi connectivity index (χ3v) is 3.80. The van der Waals surface area contributed by atoms with Gasteiger partial charge in [-0.2, -0.15) is 0 Å². The minimum absolute atomic E-state index is 0.0664. The lowest BCUT2D eigenvalue weighted by Gasteiger charge is -2.18. The summed E-state index contributed by atoms with van der Waals surface area (Å²) >= 11 is 0. The number of nitrogens with one attached hydrogen (secondary N) is 1. The van der Waals surface area contributed by atoms with Gasteiger partial charge in [-0.1, -0.05) is 43.9 Å². The number of aliphatic hydroxyl groups is 1. The number of hydrogen-bond acceptors (Lipinski definition) is 3. The fourth-order valence-electron chi connectivity index (χ4n) is 2.66. The summed E-state index contributed by atoms with van der Waals surface area (Å²) < 4.78 is 0. The highest BCUT2D eigenvalue weighted by Gasteiger charge is 2.19. The summed E-state index contributed by atoms with van der Waals surface area (Å²) in [4.78, 5) is 16.5. The zero-order valence-electron chi connectivity index (χ0n) is 12.3. The molecule has 4 nitrogen and oxygen atoms in total. The average molecular weight is 286 g/mol. The molecule has 2 N–H and O–H groups in total. The van der Waals surface area contributed by atoms with Gasteiger partial charge in [0.25, 0.3) is 0 Å². The third-order valence-electron chi connectivity index (χ3n) is 3.80. The molecule has 1 aliphatic carbocycles. The number of nitrogens with zero attached hydrogens (tertiary/aromatic N) is 1. The van der Waals surface area contributed by atoms with Crippen molar-refractivity contribution in [2.24, 2.45) is 5.92 Å². The number of aromatic nitrogens is 1. The van der Waals surface area contributed by atoms with E-state index in [4.69, 9.17) is 5.11 Å². The molecule has 0 atom stereocenters. The van der Waals surface area contributed by atoms with Gasteiger partial charge >= 0.3 is 0 Å². The Kier molecular flexibility index (Phi) is 6.23. The number of pyridine rings is 1. The number of amides is 1. The third kappa shape index (κ3) is 5.20. The first kappa shape index (κ1) is 15.5. The number of hydrogen-bond donors (Lipinski definition) is 2. The molecule has 1 aliphatic rings. The molecule has 1 aromatic heterocycles. The quantitative estimate of drug-likeness (QED) is 0.822. The van der Waals surface area contributed by atoms with Crippen LogP contribution in [-0.2, 0) is 4.79 Å². The maximum absolute atomic E-state index is 12.3. The van der Waals surface area contributed by atoms with Crippen LogP contribution < -0.4 is 5.32 Å². The summed E-state index contributed by atoms with van der Waals surface area (Å²) in [7, 11) is 0. The molecule has 1 aromatic rings. The van der Waals surface area contributed by atoms with Crippen LogP contribution in [0.5, 0.6) is 0 Å². The lowest BCUT2D eigenvalue weighted by Crippen LogP contribution is -2.24. The summed E-state index contributed by atoms with van der Waals surface area (Å²) in [6.45, 7) is -0.175. The SMILES string of the molecule is O=C(Nc1cc(C#CCO)ccn1)C1CCCCCCC1. The van der Waals surface area contributed by atoms with Gasteiger partial charge < -0.3 is 10.4 Å². The van der Waals surface area contributed by atoms with E-state index < -0.39 is 0 Å². The molecule has 0 saturated heterocycles. The Morgan fingerprint density at radius 1 is 1.29 bits per heavy atom. The molecule has 1 fully saturated rings. The van der Waals surface area contributed by atoms with E-state index in [1.54, 1.807) is 18.3 Å². The fourth-order valence-corrected chi connectivity index (χ4v) is 2.66. The molecule has 0 aliphatic heterocycles. The molecule has 1 amide bonds. The van der Waals surface area contributed by atoms with Crippen LogP contribution in [0.25, 0.3) is 0 Å². The van der Waals surface area contributed by atoms with Crippen LogP contribution in [0.4, 0.5) is 5.82 Å². The second-order valence-electron chi connectivity index (χ2n) is 5.42. The number of anilines is 1. The van der Waals surface area contributed by atoms with Gasteiger partial charge in [0.2, 0.25) is 5.91 Å². The van der Waals surface area contributed by atoms with E-state index >= 15 is 0 Å². The van der Waals surface area contributed by atoms with E-state index in [1.165, 1.54) is 19.3 Å². The summed E-state index contributed by atoms with van der Waals surface area (Å²) in [5, 5.41) is 11.6. The van der Waals surface area contributed by atoms with Gasteiger partial charge in [0.05, 0.1) is 0 Å². The maximum Gasteiger partial charge on any atom is 0.228 e. The molecule has 0 aromatic carbocycles. The molecule has 1 heterocycles. The Hall–Kier alpha value is -1.86. The normalized spacial score (nSPS) is 16.2. The minimum Gasteiger partial charge on any atom is -0.384 e. The topological polar surface area (TPSA) is 62.2 Å². The largest absolute Gasteiger partial charge is 0.384 e. The van der Waals surface area contributed by atoms with E-state index in [0.29, 0.717) is 5.82 Å². The second kappa shape index (κ2) is 8.43. The first-order chi connectivity index (χ1) is 10.3. The van der Waals surface area contributed by atoms with Crippen molar-refractivity contribution in [2.45, 2.75) is 44.9 Å². The smallest absolute Gasteiger partial charge is 0.228 e. The van der Waals surface area contributed by atoms with Crippen LogP contribution in [0.15, 0.2) is 18.3 Å². The highest BCUT2D eigenvalue weighted by molar-refractivity contribution is 5.91. The summed E-state index contributed by atoms with van der Waals surface area (Å²) in [6, 6.07) is 3.50. The lowest BCUT2D eigenvalue weighted by atomic mass is 9.90. The Balaban J connectivity index is 1.97. The molecule has 112 valence electrons. The second-order valence-corrected chi connectivity index (χ2v) is 5.42. The summed E-state index contributed by atoms with van der Waals surface area (Å²) in [5.41, 5.74) is 0.743. The van der Waals surface area contributed by atoms with Crippen molar-refractivity contribution in [1.82, 2.24) is 4.98 Å². The molecule has 2 rings (SSSR count). The van der Waals surface area contributed by atoms with Crippen LogP contribution >= 0.6 is 0 Å². The van der Waals surface area contributed by atoms with Crippen molar-refractivity contribution in [3.05, 3.63) is 23.9 Å². The minimum atomic E-state index is -0.175. The first-order valence-corrected chi connectivity index (χ1v) is 7.66. The first-order valence-electron chi connectivity index (χ1n) is 7.66. The number of aliphatic hydroxyl groups excluding tert-OH is 1. The monoisotopic (exact) mass is 286 g/mol. The number of carbonyl (C=O) groups excluding carboxylic acids is 1. The van der Waals surface area contributed by atoms with Gasteiger partial charge in [0, 0.05) is 17.7 Å². The summed E-state index contributed by atoms with van der Waals surface area (Å²) in [6.07, 6.45) is 9.58. The molecule has 0 radical (unpaired) electrons. The van der Waals surface area contributed by atoms with E-state index in [1.807, 2.05) is 0 Å². The van der Waals surface area contributed by atoms with Gasteiger partial charge in [-0.25, -0.2) is 4.98 Å². The van der Waals surface area contributed by atoms with Crippen molar-refractivity contribution >= 4 is 11.7 Å². The van der Waals surface area contributed by atoms with E-state index in [0.717, 1.165) is 31.2 Å². The average Bonchev–Trinajstić information content (AvgIpc) is 2.45. The van der Waals surface area contributed by atoms with Crippen molar-refractivity contribution in [2.75, 3.05) is 11.9 Å². The van der Waals surface area contributed by atoms with Crippen molar-refractivity contribution in [3.8, 4) is 11.8 Å². The Morgan fingerprint density at radius 2 is 2.00 bits per heavy atom. The Morgan fingerprint density at radius 3 is 2.71 bits per heavy atom. The Labute approximate surface area is 126 Å². The molecule has 21 heavy (non-hydrogen) atoms. The van der Waals surface area contributed by atoms with Crippen LogP contribution in [-0.4, -0.2) is 22.6 Å². The zero-order chi connectivity index (χ0) is 14.9. The van der Waals surface area contributed by atoms with Gasteiger partial charge in [-0.15, -0.1) is 0 Å². The molecule has 1 saturated carbocycles. The molecule has 0 unspecified atom stereocenters. The van der Waals surface area contributed by atoms with Crippen LogP contribution in [0.2, 0.25) is 0 Å². The number of carbonyl (C=O) groups is 1. The Bertz CT molecular complexity index is 523. The van der Waals surface area contributed by atoms with Gasteiger partial charge in [0.1, 0.15) is 12.4 Å². The van der Waals surface area contributed by atoms with Crippen molar-refractivity contribution in [1.29, 1.82) is 0 Å². The van der Waals surface area contributed by atoms with Gasteiger partial charge in [-0.05, 0) is 25.0 Å². The molecular formula is C17H22N2O2. The van der Waals surface area contributed by atoms with Crippen LogP contribution in [0.3, 0.4) is 0 Å². The molecule has 4 heteroatoms. The van der Waals surface area contributed by atoms with Gasteiger partial charge in [0.15, 0.2) is 0 Å². The van der Waals surface area contributed by atoms with E-state index in [2.05, 4.69) is 22.1 Å². The molecule has 0 bridgehead atoms. The predicted molar refractivity (Wildman–Crippen MR) is 82.6 cm³/mol. The van der Waals surface area contributed by atoms with E-state index in [9.17, 15) is 4.79 Å². The standard InChI is InChI=1S/C17H22N2O2/c20-12-6-7-14-10-11-18-16(13-14)19-17(21)15-8-4-2-1-3-5-9-15/h10-11,13,15,20H,1-5,8-9,12H2,(H,18,19,21). The highest BCUT2D eigenvalue weighted by atomic mass is 16.2. The zero-order valence-corrected chi connectivity index (χ0v) is 12.3. The number of rotatable bonds is 2. The van der Waals surface area contributed by atoms with Crippen LogP contribution in [0.1, 0.15) is 50.5 Å². The highest BCUT2D eigenvalue weighted by Crippen LogP contribution is 2.23. The predicted octanol–water partition coefficient (Wildman–Crippen LogP) is 2.72. The lowest BCUT2D eigenvalue weighted by molar-refractivity contribution is -0.120. The van der Waals surface area contributed by atoms with Crippen molar-refractivity contribution in [3.63, 3.8) is 0 Å². The molecular weight excluding hydrogens is 264 g/mol. The maximum atomic E-state index is 12.3. The van der Waals surface area contributed by atoms with Gasteiger partial charge in [-0.3, -0.25) is 4.79 Å². The summed E-state index contributed by atoms with van der Waals surface area (Å²) in [5.74, 6) is 6.10. The molecule has 0 spiro atoms. The van der Waals surface area contributed by atoms with Crippen molar-refractivity contribution < 1.29 is 9.90 Å². The van der Waals surface area contributed by atoms with E-state index in [-0.39, 0.29) is 18.4 Å². The van der Waals surface area contributed by atoms with Crippen LogP contribution in [0, 0.1) is 17.8 Å². The fraction of sp³-hybridized carbons (Fsp3) is 0.529.